The maximum absolute atomic E-state index is 12.9. The van der Waals surface area contributed by atoms with Crippen molar-refractivity contribution in [1.82, 2.24) is 0 Å². The third-order valence-electron chi connectivity index (χ3n) is 3.65. The fourth-order valence-electron chi connectivity index (χ4n) is 2.44. The molecule has 0 aliphatic carbocycles. The lowest BCUT2D eigenvalue weighted by Gasteiger charge is -2.31. The minimum Gasteiger partial charge on any atom is -0.457 e. The van der Waals surface area contributed by atoms with Gasteiger partial charge in [-0.3, -0.25) is 0 Å². The molecule has 0 saturated carbocycles. The average Bonchev–Trinajstić information content (AvgIpc) is 2.47. The highest BCUT2D eigenvalue weighted by atomic mass is 35.5. The first-order chi connectivity index (χ1) is 10.7. The van der Waals surface area contributed by atoms with E-state index in [0.29, 0.717) is 16.3 Å². The van der Waals surface area contributed by atoms with E-state index in [9.17, 15) is 13.5 Å². The summed E-state index contributed by atoms with van der Waals surface area (Å²) in [6, 6.07) is 11.2. The van der Waals surface area contributed by atoms with Gasteiger partial charge in [0.25, 0.3) is 0 Å². The first kappa shape index (κ1) is 16.1. The van der Waals surface area contributed by atoms with Crippen LogP contribution in [0.5, 0.6) is 5.75 Å². The Morgan fingerprint density at radius 1 is 1.13 bits per heavy atom. The molecule has 0 radical (unpaired) electrons. The number of aryl methyl sites for hydroxylation is 1. The molecule has 1 heterocycles. The van der Waals surface area contributed by atoms with Gasteiger partial charge in [-0.15, -0.1) is 0 Å². The summed E-state index contributed by atoms with van der Waals surface area (Å²) in [4.78, 5) is -0.118. The van der Waals surface area contributed by atoms with E-state index in [1.807, 2.05) is 6.92 Å². The Labute approximate surface area is 139 Å². The molecular weight excluding hydrogens is 336 g/mol. The van der Waals surface area contributed by atoms with Crippen LogP contribution < -0.4 is 4.74 Å². The van der Waals surface area contributed by atoms with Crippen molar-refractivity contribution in [3.05, 3.63) is 63.5 Å². The second kappa shape index (κ2) is 5.37. The summed E-state index contributed by atoms with van der Waals surface area (Å²) >= 11 is 5.95. The summed E-state index contributed by atoms with van der Waals surface area (Å²) in [7, 11) is -3.90. The number of fused-ring (bicyclic) bond motifs is 1. The van der Waals surface area contributed by atoms with Crippen LogP contribution in [0.25, 0.3) is 6.08 Å². The number of halogens is 1. The standard InChI is InChI=1S/C17H15ClO4S/c1-11-3-6-14(7-4-11)23(20,21)16-10-12-9-13(18)5-8-15(12)22-17(16,2)19/h3-10,19H,1-2H3. The van der Waals surface area contributed by atoms with Crippen LogP contribution in [-0.4, -0.2) is 19.3 Å². The molecule has 0 amide bonds. The number of rotatable bonds is 2. The molecule has 6 heteroatoms. The van der Waals surface area contributed by atoms with E-state index >= 15 is 0 Å². The second-order valence-corrected chi connectivity index (χ2v) is 7.95. The summed E-state index contributed by atoms with van der Waals surface area (Å²) in [5, 5.41) is 11.0. The van der Waals surface area contributed by atoms with Crippen LogP contribution in [-0.2, 0) is 9.84 Å². The predicted molar refractivity (Wildman–Crippen MR) is 89.0 cm³/mol. The molecule has 1 atom stereocenters. The van der Waals surface area contributed by atoms with Gasteiger partial charge in [0.1, 0.15) is 10.7 Å². The molecule has 0 bridgehead atoms. The average molecular weight is 351 g/mol. The van der Waals surface area contributed by atoms with Crippen molar-refractivity contribution < 1.29 is 18.3 Å². The SMILES string of the molecule is Cc1ccc(S(=O)(=O)C2=Cc3cc(Cl)ccc3OC2(C)O)cc1. The van der Waals surface area contributed by atoms with Crippen LogP contribution in [0.15, 0.2) is 52.3 Å². The van der Waals surface area contributed by atoms with Crippen molar-refractivity contribution in [2.75, 3.05) is 0 Å². The van der Waals surface area contributed by atoms with Crippen LogP contribution in [0.3, 0.4) is 0 Å². The van der Waals surface area contributed by atoms with Crippen molar-refractivity contribution in [3.63, 3.8) is 0 Å². The van der Waals surface area contributed by atoms with E-state index < -0.39 is 15.6 Å². The Morgan fingerprint density at radius 3 is 2.43 bits per heavy atom. The number of hydrogen-bond acceptors (Lipinski definition) is 4. The first-order valence-corrected chi connectivity index (χ1v) is 8.81. The minimum absolute atomic E-state index is 0.101. The number of sulfone groups is 1. The van der Waals surface area contributed by atoms with Gasteiger partial charge in [0.05, 0.1) is 4.90 Å². The van der Waals surface area contributed by atoms with Crippen molar-refractivity contribution in [2.24, 2.45) is 0 Å². The Bertz CT molecular complexity index is 897. The fourth-order valence-corrected chi connectivity index (χ4v) is 4.19. The van der Waals surface area contributed by atoms with Crippen molar-refractivity contribution in [2.45, 2.75) is 24.5 Å². The third kappa shape index (κ3) is 2.87. The van der Waals surface area contributed by atoms with E-state index in [4.69, 9.17) is 16.3 Å². The zero-order valence-electron chi connectivity index (χ0n) is 12.6. The molecular formula is C17H15ClO4S. The number of benzene rings is 2. The van der Waals surface area contributed by atoms with Crippen molar-refractivity contribution in [1.29, 1.82) is 0 Å². The summed E-state index contributed by atoms with van der Waals surface area (Å²) in [5.74, 6) is -1.58. The molecule has 4 nitrogen and oxygen atoms in total. The fraction of sp³-hybridized carbons (Fsp3) is 0.176. The van der Waals surface area contributed by atoms with Gasteiger partial charge >= 0.3 is 0 Å². The van der Waals surface area contributed by atoms with Gasteiger partial charge in [0.15, 0.2) is 0 Å². The molecule has 0 saturated heterocycles. The molecule has 0 spiro atoms. The molecule has 1 aliphatic heterocycles. The van der Waals surface area contributed by atoms with Crippen LogP contribution in [0.2, 0.25) is 5.02 Å². The van der Waals surface area contributed by atoms with E-state index in [0.717, 1.165) is 5.56 Å². The van der Waals surface area contributed by atoms with Gasteiger partial charge in [0, 0.05) is 17.5 Å². The summed E-state index contributed by atoms with van der Waals surface area (Å²) < 4.78 is 31.2. The number of ether oxygens (including phenoxy) is 1. The monoisotopic (exact) mass is 350 g/mol. The molecule has 0 aromatic heterocycles. The maximum Gasteiger partial charge on any atom is 0.243 e. The smallest absolute Gasteiger partial charge is 0.243 e. The summed E-state index contributed by atoms with van der Waals surface area (Å²) in [6.45, 7) is 3.18. The second-order valence-electron chi connectivity index (χ2n) is 5.59. The lowest BCUT2D eigenvalue weighted by molar-refractivity contribution is -0.0830. The predicted octanol–water partition coefficient (Wildman–Crippen LogP) is 3.56. The normalized spacial score (nSPS) is 20.4. The molecule has 2 aromatic rings. The molecule has 1 aliphatic rings. The number of hydrogen-bond donors (Lipinski definition) is 1. The lowest BCUT2D eigenvalue weighted by atomic mass is 10.1. The molecule has 3 rings (SSSR count). The van der Waals surface area contributed by atoms with Gasteiger partial charge in [0.2, 0.25) is 15.6 Å². The maximum atomic E-state index is 12.9. The number of aliphatic hydroxyl groups is 1. The zero-order chi connectivity index (χ0) is 16.8. The van der Waals surface area contributed by atoms with Crippen LogP contribution in [0.4, 0.5) is 0 Å². The topological polar surface area (TPSA) is 63.6 Å². The molecule has 0 fully saturated rings. The highest BCUT2D eigenvalue weighted by Crippen LogP contribution is 2.39. The van der Waals surface area contributed by atoms with E-state index in [2.05, 4.69) is 0 Å². The summed E-state index contributed by atoms with van der Waals surface area (Å²) in [5.41, 5.74) is 1.46. The minimum atomic E-state index is -3.90. The summed E-state index contributed by atoms with van der Waals surface area (Å²) in [6.07, 6.45) is 1.40. The molecule has 1 unspecified atom stereocenters. The van der Waals surface area contributed by atoms with Crippen LogP contribution in [0, 0.1) is 6.92 Å². The Hall–Kier alpha value is -1.82. The van der Waals surface area contributed by atoms with E-state index in [-0.39, 0.29) is 9.80 Å². The van der Waals surface area contributed by atoms with Gasteiger partial charge < -0.3 is 9.84 Å². The highest BCUT2D eigenvalue weighted by Gasteiger charge is 2.41. The lowest BCUT2D eigenvalue weighted by Crippen LogP contribution is -2.39. The quantitative estimate of drug-likeness (QED) is 0.899. The van der Waals surface area contributed by atoms with Gasteiger partial charge in [-0.05, 0) is 43.3 Å². The Morgan fingerprint density at radius 2 is 1.78 bits per heavy atom. The molecule has 120 valence electrons. The third-order valence-corrected chi connectivity index (χ3v) is 5.85. The first-order valence-electron chi connectivity index (χ1n) is 6.95. The zero-order valence-corrected chi connectivity index (χ0v) is 14.1. The van der Waals surface area contributed by atoms with Crippen molar-refractivity contribution >= 4 is 27.5 Å². The molecule has 23 heavy (non-hydrogen) atoms. The van der Waals surface area contributed by atoms with Crippen LogP contribution >= 0.6 is 11.6 Å². The Balaban J connectivity index is 2.18. The largest absolute Gasteiger partial charge is 0.457 e. The molecule has 2 aromatic carbocycles. The van der Waals surface area contributed by atoms with Crippen LogP contribution in [0.1, 0.15) is 18.1 Å². The Kier molecular flexibility index (Phi) is 3.75. The van der Waals surface area contributed by atoms with E-state index in [1.165, 1.54) is 25.1 Å². The van der Waals surface area contributed by atoms with E-state index in [1.54, 1.807) is 30.3 Å². The van der Waals surface area contributed by atoms with Gasteiger partial charge in [-0.1, -0.05) is 29.3 Å². The molecule has 1 N–H and O–H groups in total. The van der Waals surface area contributed by atoms with Gasteiger partial charge in [-0.25, -0.2) is 8.42 Å². The van der Waals surface area contributed by atoms with Crippen molar-refractivity contribution in [3.8, 4) is 5.75 Å². The highest BCUT2D eigenvalue weighted by molar-refractivity contribution is 7.95. The van der Waals surface area contributed by atoms with Gasteiger partial charge in [-0.2, -0.15) is 0 Å².